The van der Waals surface area contributed by atoms with Gasteiger partial charge in [0.05, 0.1) is 0 Å². The third-order valence-corrected chi connectivity index (χ3v) is 3.79. The molecular weight excluding hydrogens is 308 g/mol. The van der Waals surface area contributed by atoms with E-state index >= 15 is 0 Å². The summed E-state index contributed by atoms with van der Waals surface area (Å²) >= 11 is 6.17. The highest BCUT2D eigenvalue weighted by molar-refractivity contribution is 6.32. The van der Waals surface area contributed by atoms with Crippen LogP contribution in [0.15, 0.2) is 30.3 Å². The minimum atomic E-state index is -0.789. The second-order valence-corrected chi connectivity index (χ2v) is 5.29. The standard InChI is InChI=1S/C17H16ClF2NO/c1-3-10-5-6-15(18)14(4-2)16(10)21-17(22)11-7-12(19)9-13(20)8-11/h5-9H,3-4H2,1-2H3,(H,21,22). The molecule has 0 heterocycles. The molecule has 0 bridgehead atoms. The molecule has 5 heteroatoms. The van der Waals surface area contributed by atoms with Gasteiger partial charge in [0, 0.05) is 22.3 Å². The summed E-state index contributed by atoms with van der Waals surface area (Å²) in [5, 5.41) is 3.29. The van der Waals surface area contributed by atoms with Gasteiger partial charge < -0.3 is 5.32 Å². The molecule has 0 spiro atoms. The lowest BCUT2D eigenvalue weighted by atomic mass is 10.0. The van der Waals surface area contributed by atoms with Crippen LogP contribution in [0, 0.1) is 11.6 Å². The molecule has 0 aliphatic rings. The number of aryl methyl sites for hydroxylation is 1. The van der Waals surface area contributed by atoms with Crippen LogP contribution in [-0.4, -0.2) is 5.91 Å². The molecule has 0 unspecified atom stereocenters. The van der Waals surface area contributed by atoms with E-state index in [-0.39, 0.29) is 5.56 Å². The Hall–Kier alpha value is -1.94. The maximum atomic E-state index is 13.2. The van der Waals surface area contributed by atoms with Crippen LogP contribution < -0.4 is 5.32 Å². The van der Waals surface area contributed by atoms with Crippen molar-refractivity contribution in [1.29, 1.82) is 0 Å². The number of hydrogen-bond acceptors (Lipinski definition) is 1. The van der Waals surface area contributed by atoms with Crippen LogP contribution in [0.3, 0.4) is 0 Å². The van der Waals surface area contributed by atoms with E-state index < -0.39 is 17.5 Å². The number of amides is 1. The fourth-order valence-electron chi connectivity index (χ4n) is 2.34. The van der Waals surface area contributed by atoms with E-state index in [0.717, 1.165) is 29.3 Å². The van der Waals surface area contributed by atoms with Crippen molar-refractivity contribution in [2.24, 2.45) is 0 Å². The quantitative estimate of drug-likeness (QED) is 0.843. The SMILES string of the molecule is CCc1ccc(Cl)c(CC)c1NC(=O)c1cc(F)cc(F)c1. The van der Waals surface area contributed by atoms with E-state index in [0.29, 0.717) is 23.6 Å². The van der Waals surface area contributed by atoms with E-state index in [2.05, 4.69) is 5.32 Å². The van der Waals surface area contributed by atoms with E-state index in [9.17, 15) is 13.6 Å². The average Bonchev–Trinajstić information content (AvgIpc) is 2.46. The largest absolute Gasteiger partial charge is 0.321 e. The second kappa shape index (κ2) is 6.88. The van der Waals surface area contributed by atoms with Gasteiger partial charge in [-0.25, -0.2) is 8.78 Å². The molecular formula is C17H16ClF2NO. The summed E-state index contributed by atoms with van der Waals surface area (Å²) in [5.41, 5.74) is 2.28. The molecule has 0 aromatic heterocycles. The Morgan fingerprint density at radius 3 is 2.27 bits per heavy atom. The first kappa shape index (κ1) is 16.4. The summed E-state index contributed by atoms with van der Waals surface area (Å²) in [6.45, 7) is 3.89. The molecule has 0 aliphatic heterocycles. The lowest BCUT2D eigenvalue weighted by Crippen LogP contribution is -2.15. The molecule has 2 aromatic rings. The van der Waals surface area contributed by atoms with Gasteiger partial charge in [-0.15, -0.1) is 0 Å². The van der Waals surface area contributed by atoms with E-state index in [1.54, 1.807) is 6.07 Å². The summed E-state index contributed by atoms with van der Waals surface area (Å²) in [6.07, 6.45) is 1.34. The number of nitrogens with one attached hydrogen (secondary N) is 1. The Balaban J connectivity index is 2.41. The van der Waals surface area contributed by atoms with Crippen LogP contribution in [0.4, 0.5) is 14.5 Å². The van der Waals surface area contributed by atoms with Gasteiger partial charge in [-0.1, -0.05) is 31.5 Å². The number of hydrogen-bond donors (Lipinski definition) is 1. The molecule has 1 N–H and O–H groups in total. The highest BCUT2D eigenvalue weighted by Crippen LogP contribution is 2.30. The van der Waals surface area contributed by atoms with Crippen LogP contribution in [0.5, 0.6) is 0 Å². The molecule has 0 radical (unpaired) electrons. The zero-order valence-corrected chi connectivity index (χ0v) is 13.1. The molecule has 0 aliphatic carbocycles. The molecule has 2 rings (SSSR count). The first-order valence-corrected chi connectivity index (χ1v) is 7.41. The molecule has 0 saturated heterocycles. The monoisotopic (exact) mass is 323 g/mol. The van der Waals surface area contributed by atoms with Crippen LogP contribution in [-0.2, 0) is 12.8 Å². The Bertz CT molecular complexity index is 696. The third kappa shape index (κ3) is 3.45. The molecule has 0 atom stereocenters. The maximum absolute atomic E-state index is 13.2. The minimum Gasteiger partial charge on any atom is -0.321 e. The van der Waals surface area contributed by atoms with Crippen molar-refractivity contribution in [3.05, 3.63) is 63.7 Å². The van der Waals surface area contributed by atoms with Gasteiger partial charge in [0.25, 0.3) is 5.91 Å². The molecule has 2 aromatic carbocycles. The summed E-state index contributed by atoms with van der Waals surface area (Å²) in [6, 6.07) is 6.35. The number of carbonyl (C=O) groups is 1. The number of benzene rings is 2. The van der Waals surface area contributed by atoms with Crippen molar-refractivity contribution >= 4 is 23.2 Å². The summed E-state index contributed by atoms with van der Waals surface area (Å²) in [7, 11) is 0. The summed E-state index contributed by atoms with van der Waals surface area (Å²) in [5.74, 6) is -2.14. The van der Waals surface area contributed by atoms with Crippen LogP contribution >= 0.6 is 11.6 Å². The average molecular weight is 324 g/mol. The van der Waals surface area contributed by atoms with Crippen molar-refractivity contribution in [1.82, 2.24) is 0 Å². The lowest BCUT2D eigenvalue weighted by Gasteiger charge is -2.16. The van der Waals surface area contributed by atoms with Gasteiger partial charge >= 0.3 is 0 Å². The molecule has 0 saturated carbocycles. The second-order valence-electron chi connectivity index (χ2n) is 4.88. The number of anilines is 1. The molecule has 22 heavy (non-hydrogen) atoms. The van der Waals surface area contributed by atoms with Crippen molar-refractivity contribution < 1.29 is 13.6 Å². The first-order chi connectivity index (χ1) is 10.5. The van der Waals surface area contributed by atoms with E-state index in [1.807, 2.05) is 19.9 Å². The Morgan fingerprint density at radius 2 is 1.73 bits per heavy atom. The van der Waals surface area contributed by atoms with Gasteiger partial charge in [-0.2, -0.15) is 0 Å². The van der Waals surface area contributed by atoms with E-state index in [1.165, 1.54) is 0 Å². The first-order valence-electron chi connectivity index (χ1n) is 7.04. The predicted octanol–water partition coefficient (Wildman–Crippen LogP) is 5.00. The van der Waals surface area contributed by atoms with Gasteiger partial charge in [-0.05, 0) is 42.2 Å². The normalized spacial score (nSPS) is 10.6. The zero-order valence-electron chi connectivity index (χ0n) is 12.3. The number of halogens is 3. The van der Waals surface area contributed by atoms with Crippen LogP contribution in [0.1, 0.15) is 35.3 Å². The summed E-state index contributed by atoms with van der Waals surface area (Å²) in [4.78, 5) is 12.3. The maximum Gasteiger partial charge on any atom is 0.255 e. The Labute approximate surface area is 133 Å². The zero-order chi connectivity index (χ0) is 16.3. The van der Waals surface area contributed by atoms with Crippen LogP contribution in [0.25, 0.3) is 0 Å². The minimum absolute atomic E-state index is 0.0680. The summed E-state index contributed by atoms with van der Waals surface area (Å²) < 4.78 is 26.5. The molecule has 0 fully saturated rings. The van der Waals surface area contributed by atoms with Crippen LogP contribution in [0.2, 0.25) is 5.02 Å². The predicted molar refractivity (Wildman–Crippen MR) is 84.5 cm³/mol. The van der Waals surface area contributed by atoms with Crippen molar-refractivity contribution in [2.45, 2.75) is 26.7 Å². The fourth-order valence-corrected chi connectivity index (χ4v) is 2.63. The van der Waals surface area contributed by atoms with Crippen molar-refractivity contribution in [3.8, 4) is 0 Å². The van der Waals surface area contributed by atoms with E-state index in [4.69, 9.17) is 11.6 Å². The molecule has 2 nitrogen and oxygen atoms in total. The van der Waals surface area contributed by atoms with Gasteiger partial charge in [-0.3, -0.25) is 4.79 Å². The topological polar surface area (TPSA) is 29.1 Å². The molecule has 116 valence electrons. The number of rotatable bonds is 4. The van der Waals surface area contributed by atoms with Crippen molar-refractivity contribution in [3.63, 3.8) is 0 Å². The highest BCUT2D eigenvalue weighted by Gasteiger charge is 2.15. The number of carbonyl (C=O) groups excluding carboxylic acids is 1. The van der Waals surface area contributed by atoms with Gasteiger partial charge in [0.15, 0.2) is 0 Å². The third-order valence-electron chi connectivity index (χ3n) is 3.44. The van der Waals surface area contributed by atoms with Gasteiger partial charge in [0.1, 0.15) is 11.6 Å². The lowest BCUT2D eigenvalue weighted by molar-refractivity contribution is 0.102. The smallest absolute Gasteiger partial charge is 0.255 e. The van der Waals surface area contributed by atoms with Crippen molar-refractivity contribution in [2.75, 3.05) is 5.32 Å². The van der Waals surface area contributed by atoms with Gasteiger partial charge in [0.2, 0.25) is 0 Å². The Morgan fingerprint density at radius 1 is 1.09 bits per heavy atom. The molecule has 1 amide bonds. The fraction of sp³-hybridized carbons (Fsp3) is 0.235. The Kier molecular flexibility index (Phi) is 5.14. The highest BCUT2D eigenvalue weighted by atomic mass is 35.5.